The Balaban J connectivity index is 1.75. The molecule has 1 aromatic rings. The monoisotopic (exact) mass is 378 g/mol. The number of nitrogens with zero attached hydrogens (tertiary/aromatic N) is 2. The van der Waals surface area contributed by atoms with Crippen LogP contribution in [0.4, 0.5) is 0 Å². The van der Waals surface area contributed by atoms with Crippen LogP contribution in [0.2, 0.25) is 0 Å². The molecular weight excluding hydrogens is 348 g/mol. The summed E-state index contributed by atoms with van der Waals surface area (Å²) in [5.41, 5.74) is 0.568. The van der Waals surface area contributed by atoms with Crippen LogP contribution in [0.3, 0.4) is 0 Å². The van der Waals surface area contributed by atoms with Gasteiger partial charge in [0.15, 0.2) is 0 Å². The first-order valence-corrected chi connectivity index (χ1v) is 11.1. The van der Waals surface area contributed by atoms with Gasteiger partial charge in [-0.2, -0.15) is 4.31 Å². The van der Waals surface area contributed by atoms with Gasteiger partial charge in [0, 0.05) is 31.7 Å². The second kappa shape index (κ2) is 7.69. The number of likely N-dealkylation sites (tertiary alicyclic amines) is 1. The number of amides is 1. The summed E-state index contributed by atoms with van der Waals surface area (Å²) >= 11 is 0. The van der Waals surface area contributed by atoms with Crippen LogP contribution in [0.25, 0.3) is 0 Å². The first-order chi connectivity index (χ1) is 12.3. The van der Waals surface area contributed by atoms with Crippen molar-refractivity contribution in [2.45, 2.75) is 44.9 Å². The summed E-state index contributed by atoms with van der Waals surface area (Å²) in [5, 5.41) is 0. The van der Waals surface area contributed by atoms with Crippen molar-refractivity contribution in [2.75, 3.05) is 26.2 Å². The van der Waals surface area contributed by atoms with E-state index < -0.39 is 10.0 Å². The van der Waals surface area contributed by atoms with Crippen LogP contribution in [0.15, 0.2) is 29.2 Å². The zero-order chi connectivity index (χ0) is 18.9. The van der Waals surface area contributed by atoms with E-state index in [0.717, 1.165) is 32.4 Å². The molecule has 5 nitrogen and oxygen atoms in total. The van der Waals surface area contributed by atoms with E-state index in [0.29, 0.717) is 36.4 Å². The molecule has 2 aliphatic rings. The average molecular weight is 379 g/mol. The Bertz CT molecular complexity index is 735. The Morgan fingerprint density at radius 1 is 0.962 bits per heavy atom. The van der Waals surface area contributed by atoms with Crippen molar-refractivity contribution in [3.63, 3.8) is 0 Å². The quantitative estimate of drug-likeness (QED) is 0.811. The number of sulfonamides is 1. The summed E-state index contributed by atoms with van der Waals surface area (Å²) in [7, 11) is -3.50. The molecule has 6 heteroatoms. The standard InChI is InChI=1S/C20H30N2O3S/c1-15-5-4-10-21(12-15)20(23)18-6-8-19(9-7-18)26(24,25)22-13-16(2)11-17(3)14-22/h6-9,15-17H,4-5,10-14H2,1-3H3. The van der Waals surface area contributed by atoms with E-state index in [1.807, 2.05) is 4.90 Å². The van der Waals surface area contributed by atoms with Crippen molar-refractivity contribution < 1.29 is 13.2 Å². The van der Waals surface area contributed by atoms with Gasteiger partial charge in [-0.25, -0.2) is 8.42 Å². The van der Waals surface area contributed by atoms with Gasteiger partial charge in [0.2, 0.25) is 10.0 Å². The van der Waals surface area contributed by atoms with Crippen molar-refractivity contribution in [3.05, 3.63) is 29.8 Å². The molecule has 0 N–H and O–H groups in total. The highest BCUT2D eigenvalue weighted by Gasteiger charge is 2.32. The van der Waals surface area contributed by atoms with Gasteiger partial charge in [-0.05, 0) is 61.3 Å². The SMILES string of the molecule is CC1CCCN(C(=O)c2ccc(S(=O)(=O)N3CC(C)CC(C)C3)cc2)C1. The maximum absolute atomic E-state index is 12.9. The fourth-order valence-corrected chi connectivity index (χ4v) is 5.96. The minimum atomic E-state index is -3.50. The smallest absolute Gasteiger partial charge is 0.253 e. The lowest BCUT2D eigenvalue weighted by Crippen LogP contribution is -2.42. The highest BCUT2D eigenvalue weighted by Crippen LogP contribution is 2.27. The van der Waals surface area contributed by atoms with E-state index in [1.54, 1.807) is 28.6 Å². The average Bonchev–Trinajstić information content (AvgIpc) is 2.60. The van der Waals surface area contributed by atoms with Crippen molar-refractivity contribution in [1.29, 1.82) is 0 Å². The summed E-state index contributed by atoms with van der Waals surface area (Å²) in [6.45, 7) is 9.06. The molecule has 1 amide bonds. The van der Waals surface area contributed by atoms with Gasteiger partial charge in [-0.15, -0.1) is 0 Å². The van der Waals surface area contributed by atoms with Crippen LogP contribution in [0.1, 0.15) is 50.4 Å². The molecule has 3 atom stereocenters. The molecule has 1 aromatic carbocycles. The maximum Gasteiger partial charge on any atom is 0.253 e. The van der Waals surface area contributed by atoms with E-state index in [-0.39, 0.29) is 10.8 Å². The lowest BCUT2D eigenvalue weighted by Gasteiger charge is -2.34. The summed E-state index contributed by atoms with van der Waals surface area (Å²) in [5.74, 6) is 1.27. The minimum absolute atomic E-state index is 0.000662. The van der Waals surface area contributed by atoms with Crippen molar-refractivity contribution in [1.82, 2.24) is 9.21 Å². The molecule has 0 aliphatic carbocycles. The summed E-state index contributed by atoms with van der Waals surface area (Å²) < 4.78 is 27.5. The van der Waals surface area contributed by atoms with Gasteiger partial charge < -0.3 is 4.90 Å². The Labute approximate surface area is 157 Å². The topological polar surface area (TPSA) is 57.7 Å². The molecule has 3 rings (SSSR count). The van der Waals surface area contributed by atoms with Gasteiger partial charge in [-0.3, -0.25) is 4.79 Å². The highest BCUT2D eigenvalue weighted by molar-refractivity contribution is 7.89. The fourth-order valence-electron chi connectivity index (χ4n) is 4.28. The van der Waals surface area contributed by atoms with Crippen molar-refractivity contribution in [2.24, 2.45) is 17.8 Å². The molecule has 0 bridgehead atoms. The molecule has 0 aromatic heterocycles. The van der Waals surface area contributed by atoms with Crippen molar-refractivity contribution >= 4 is 15.9 Å². The van der Waals surface area contributed by atoms with Crippen LogP contribution < -0.4 is 0 Å². The molecule has 2 heterocycles. The molecule has 2 fully saturated rings. The lowest BCUT2D eigenvalue weighted by atomic mass is 9.94. The Kier molecular flexibility index (Phi) is 5.72. The largest absolute Gasteiger partial charge is 0.338 e. The Hall–Kier alpha value is -1.40. The molecule has 2 saturated heterocycles. The predicted molar refractivity (Wildman–Crippen MR) is 102 cm³/mol. The third kappa shape index (κ3) is 4.12. The molecule has 0 saturated carbocycles. The second-order valence-electron chi connectivity index (χ2n) is 8.29. The molecular formula is C20H30N2O3S. The molecule has 0 radical (unpaired) electrons. The first kappa shape index (κ1) is 19.4. The fraction of sp³-hybridized carbons (Fsp3) is 0.650. The van der Waals surface area contributed by atoms with E-state index >= 15 is 0 Å². The number of hydrogen-bond donors (Lipinski definition) is 0. The van der Waals surface area contributed by atoms with Crippen LogP contribution in [-0.4, -0.2) is 49.7 Å². The zero-order valence-corrected chi connectivity index (χ0v) is 16.8. The van der Waals surface area contributed by atoms with Gasteiger partial charge in [0.25, 0.3) is 5.91 Å². The number of piperidine rings is 2. The number of carbonyl (C=O) groups excluding carboxylic acids is 1. The van der Waals surface area contributed by atoms with Crippen LogP contribution in [0.5, 0.6) is 0 Å². The van der Waals surface area contributed by atoms with E-state index in [9.17, 15) is 13.2 Å². The molecule has 2 aliphatic heterocycles. The molecule has 26 heavy (non-hydrogen) atoms. The van der Waals surface area contributed by atoms with Gasteiger partial charge in [0.05, 0.1) is 4.90 Å². The van der Waals surface area contributed by atoms with Crippen LogP contribution in [0, 0.1) is 17.8 Å². The number of carbonyl (C=O) groups is 1. The van der Waals surface area contributed by atoms with E-state index in [2.05, 4.69) is 20.8 Å². The molecule has 0 spiro atoms. The number of hydrogen-bond acceptors (Lipinski definition) is 3. The predicted octanol–water partition coefficient (Wildman–Crippen LogP) is 3.23. The summed E-state index contributed by atoms with van der Waals surface area (Å²) in [6, 6.07) is 6.48. The summed E-state index contributed by atoms with van der Waals surface area (Å²) in [4.78, 5) is 14.8. The highest BCUT2D eigenvalue weighted by atomic mass is 32.2. The maximum atomic E-state index is 12.9. The van der Waals surface area contributed by atoms with Gasteiger partial charge in [-0.1, -0.05) is 20.8 Å². The van der Waals surface area contributed by atoms with E-state index in [4.69, 9.17) is 0 Å². The zero-order valence-electron chi connectivity index (χ0n) is 16.0. The number of rotatable bonds is 3. The molecule has 144 valence electrons. The van der Waals surface area contributed by atoms with Gasteiger partial charge >= 0.3 is 0 Å². The second-order valence-corrected chi connectivity index (χ2v) is 10.2. The van der Waals surface area contributed by atoms with Gasteiger partial charge in [0.1, 0.15) is 0 Å². The minimum Gasteiger partial charge on any atom is -0.338 e. The Morgan fingerprint density at radius 2 is 1.58 bits per heavy atom. The van der Waals surface area contributed by atoms with Crippen LogP contribution in [-0.2, 0) is 10.0 Å². The third-order valence-corrected chi connectivity index (χ3v) is 7.36. The van der Waals surface area contributed by atoms with Crippen LogP contribution >= 0.6 is 0 Å². The summed E-state index contributed by atoms with van der Waals surface area (Å²) in [6.07, 6.45) is 3.26. The molecule has 3 unspecified atom stereocenters. The van der Waals surface area contributed by atoms with Crippen molar-refractivity contribution in [3.8, 4) is 0 Å². The first-order valence-electron chi connectivity index (χ1n) is 9.67. The normalized spacial score (nSPS) is 28.1. The number of benzene rings is 1. The third-order valence-electron chi connectivity index (χ3n) is 5.52. The lowest BCUT2D eigenvalue weighted by molar-refractivity contribution is 0.0683. The van der Waals surface area contributed by atoms with E-state index in [1.165, 1.54) is 0 Å². The Morgan fingerprint density at radius 3 is 2.15 bits per heavy atom.